The van der Waals surface area contributed by atoms with Gasteiger partial charge < -0.3 is 10.1 Å². The first-order chi connectivity index (χ1) is 12.7. The number of aryl methyl sites for hydroxylation is 1. The number of fused-ring (bicyclic) bond motifs is 1. The van der Waals surface area contributed by atoms with E-state index in [2.05, 4.69) is 22.4 Å². The fourth-order valence-corrected chi connectivity index (χ4v) is 3.39. The molecule has 0 radical (unpaired) electrons. The van der Waals surface area contributed by atoms with Crippen LogP contribution in [-0.4, -0.2) is 18.0 Å². The topological polar surface area (TPSA) is 51.2 Å². The smallest absolute Gasteiger partial charge is 0.253 e. The average molecular weight is 346 g/mol. The van der Waals surface area contributed by atoms with Crippen LogP contribution in [0.25, 0.3) is 10.9 Å². The van der Waals surface area contributed by atoms with Crippen LogP contribution < -0.4 is 10.1 Å². The van der Waals surface area contributed by atoms with E-state index in [4.69, 9.17) is 4.74 Å². The van der Waals surface area contributed by atoms with E-state index in [9.17, 15) is 4.79 Å². The van der Waals surface area contributed by atoms with Crippen LogP contribution >= 0.6 is 0 Å². The van der Waals surface area contributed by atoms with Crippen molar-refractivity contribution < 1.29 is 9.53 Å². The molecule has 1 heterocycles. The van der Waals surface area contributed by atoms with E-state index < -0.39 is 0 Å². The van der Waals surface area contributed by atoms with Gasteiger partial charge in [-0.15, -0.1) is 0 Å². The SMILES string of the molecule is COc1ccc2nc(C)c(C(=O)NC(c3ccccc3)C3CC3)cc2c1. The summed E-state index contributed by atoms with van der Waals surface area (Å²) in [6.45, 7) is 1.88. The van der Waals surface area contributed by atoms with Crippen molar-refractivity contribution in [3.63, 3.8) is 0 Å². The molecule has 1 N–H and O–H groups in total. The highest BCUT2D eigenvalue weighted by molar-refractivity contribution is 5.99. The summed E-state index contributed by atoms with van der Waals surface area (Å²) < 4.78 is 5.29. The van der Waals surface area contributed by atoms with Gasteiger partial charge >= 0.3 is 0 Å². The first-order valence-electron chi connectivity index (χ1n) is 8.97. The van der Waals surface area contributed by atoms with Crippen molar-refractivity contribution in [2.75, 3.05) is 7.11 Å². The van der Waals surface area contributed by atoms with Crippen LogP contribution in [0.3, 0.4) is 0 Å². The Morgan fingerprint density at radius 1 is 1.15 bits per heavy atom. The molecule has 0 saturated heterocycles. The Labute approximate surface area is 153 Å². The molecule has 1 unspecified atom stereocenters. The standard InChI is InChI=1S/C22H22N2O2/c1-14-19(13-17-12-18(26-2)10-11-20(17)23-14)22(25)24-21(16-8-9-16)15-6-4-3-5-7-15/h3-7,10-13,16,21H,8-9H2,1-2H3,(H,24,25). The number of methoxy groups -OCH3 is 1. The molecule has 4 heteroatoms. The van der Waals surface area contributed by atoms with Crippen LogP contribution in [0, 0.1) is 12.8 Å². The first-order valence-corrected chi connectivity index (χ1v) is 8.97. The molecule has 0 bridgehead atoms. The lowest BCUT2D eigenvalue weighted by molar-refractivity contribution is 0.0931. The molecule has 1 saturated carbocycles. The number of rotatable bonds is 5. The zero-order valence-electron chi connectivity index (χ0n) is 15.0. The largest absolute Gasteiger partial charge is 0.497 e. The molecular formula is C22H22N2O2. The van der Waals surface area contributed by atoms with Crippen molar-refractivity contribution in [3.8, 4) is 5.75 Å². The molecule has 1 aliphatic carbocycles. The quantitative estimate of drug-likeness (QED) is 0.743. The molecule has 1 aromatic heterocycles. The van der Waals surface area contributed by atoms with Gasteiger partial charge in [0.1, 0.15) is 5.75 Å². The second-order valence-corrected chi connectivity index (χ2v) is 6.88. The number of amides is 1. The van der Waals surface area contributed by atoms with Crippen LogP contribution in [0.15, 0.2) is 54.6 Å². The minimum absolute atomic E-state index is 0.0594. The molecule has 0 aliphatic heterocycles. The van der Waals surface area contributed by atoms with Crippen molar-refractivity contribution in [1.82, 2.24) is 10.3 Å². The number of aromatic nitrogens is 1. The van der Waals surface area contributed by atoms with Crippen molar-refractivity contribution in [2.24, 2.45) is 5.92 Å². The number of hydrogen-bond acceptors (Lipinski definition) is 3. The lowest BCUT2D eigenvalue weighted by Crippen LogP contribution is -2.30. The predicted octanol–water partition coefficient (Wildman–Crippen LogP) is 4.43. The second kappa shape index (κ2) is 6.79. The molecule has 132 valence electrons. The summed E-state index contributed by atoms with van der Waals surface area (Å²) >= 11 is 0. The van der Waals surface area contributed by atoms with Gasteiger partial charge in [0.05, 0.1) is 29.9 Å². The average Bonchev–Trinajstić information content (AvgIpc) is 3.50. The maximum atomic E-state index is 13.0. The monoisotopic (exact) mass is 346 g/mol. The molecule has 1 fully saturated rings. The minimum Gasteiger partial charge on any atom is -0.497 e. The van der Waals surface area contributed by atoms with Crippen molar-refractivity contribution in [1.29, 1.82) is 0 Å². The molecule has 1 amide bonds. The summed E-state index contributed by atoms with van der Waals surface area (Å²) in [5.41, 5.74) is 3.38. The maximum Gasteiger partial charge on any atom is 0.253 e. The summed E-state index contributed by atoms with van der Waals surface area (Å²) in [6, 6.07) is 17.9. The van der Waals surface area contributed by atoms with Crippen molar-refractivity contribution in [2.45, 2.75) is 25.8 Å². The maximum absolute atomic E-state index is 13.0. The van der Waals surface area contributed by atoms with Crippen LogP contribution in [0.5, 0.6) is 5.75 Å². The predicted molar refractivity (Wildman–Crippen MR) is 102 cm³/mol. The van der Waals surface area contributed by atoms with Gasteiger partial charge in [-0.05, 0) is 55.5 Å². The fourth-order valence-electron chi connectivity index (χ4n) is 3.39. The highest BCUT2D eigenvalue weighted by Crippen LogP contribution is 2.41. The molecule has 0 spiro atoms. The zero-order valence-corrected chi connectivity index (χ0v) is 15.0. The van der Waals surface area contributed by atoms with Gasteiger partial charge in [-0.25, -0.2) is 0 Å². The fraction of sp³-hybridized carbons (Fsp3) is 0.273. The normalized spacial score (nSPS) is 14.8. The van der Waals surface area contributed by atoms with Gasteiger partial charge in [-0.3, -0.25) is 9.78 Å². The number of carbonyl (C=O) groups is 1. The molecule has 4 rings (SSSR count). The summed E-state index contributed by atoms with van der Waals surface area (Å²) in [7, 11) is 1.64. The van der Waals surface area contributed by atoms with E-state index in [0.29, 0.717) is 11.5 Å². The first kappa shape index (κ1) is 16.6. The Balaban J connectivity index is 1.65. The number of nitrogens with zero attached hydrogens (tertiary/aromatic N) is 1. The molecular weight excluding hydrogens is 324 g/mol. The second-order valence-electron chi connectivity index (χ2n) is 6.88. The molecule has 26 heavy (non-hydrogen) atoms. The Bertz CT molecular complexity index is 949. The zero-order chi connectivity index (χ0) is 18.1. The van der Waals surface area contributed by atoms with E-state index >= 15 is 0 Å². The Kier molecular flexibility index (Phi) is 4.33. The van der Waals surface area contributed by atoms with E-state index in [1.54, 1.807) is 7.11 Å². The lowest BCUT2D eigenvalue weighted by Gasteiger charge is -2.19. The summed E-state index contributed by atoms with van der Waals surface area (Å²) in [4.78, 5) is 17.6. The van der Waals surface area contributed by atoms with Crippen LogP contribution in [0.4, 0.5) is 0 Å². The molecule has 4 nitrogen and oxygen atoms in total. The molecule has 1 aliphatic rings. The number of ether oxygens (including phenoxy) is 1. The molecule has 1 atom stereocenters. The van der Waals surface area contributed by atoms with Gasteiger partial charge in [0.2, 0.25) is 0 Å². The minimum atomic E-state index is -0.0690. The summed E-state index contributed by atoms with van der Waals surface area (Å²) in [6.07, 6.45) is 2.32. The van der Waals surface area contributed by atoms with E-state index in [1.807, 2.05) is 49.4 Å². The van der Waals surface area contributed by atoms with E-state index in [0.717, 1.165) is 40.8 Å². The Morgan fingerprint density at radius 3 is 2.62 bits per heavy atom. The number of hydrogen-bond donors (Lipinski definition) is 1. The third-order valence-corrected chi connectivity index (χ3v) is 5.00. The van der Waals surface area contributed by atoms with Gasteiger partial charge in [0.25, 0.3) is 5.91 Å². The van der Waals surface area contributed by atoms with Crippen LogP contribution in [0.1, 0.15) is 40.5 Å². The molecule has 3 aromatic rings. The number of nitrogens with one attached hydrogen (secondary N) is 1. The summed E-state index contributed by atoms with van der Waals surface area (Å²) in [5, 5.41) is 4.14. The third-order valence-electron chi connectivity index (χ3n) is 5.00. The van der Waals surface area contributed by atoms with Gasteiger partial charge in [0.15, 0.2) is 0 Å². The van der Waals surface area contributed by atoms with Crippen molar-refractivity contribution >= 4 is 16.8 Å². The highest BCUT2D eigenvalue weighted by Gasteiger charge is 2.33. The third kappa shape index (κ3) is 3.27. The van der Waals surface area contributed by atoms with Gasteiger partial charge in [-0.1, -0.05) is 30.3 Å². The summed E-state index contributed by atoms with van der Waals surface area (Å²) in [5.74, 6) is 1.21. The Hall–Kier alpha value is -2.88. The lowest BCUT2D eigenvalue weighted by atomic mass is 10.0. The number of pyridine rings is 1. The number of benzene rings is 2. The van der Waals surface area contributed by atoms with Crippen LogP contribution in [-0.2, 0) is 0 Å². The number of carbonyl (C=O) groups excluding carboxylic acids is 1. The van der Waals surface area contributed by atoms with Crippen LogP contribution in [0.2, 0.25) is 0 Å². The van der Waals surface area contributed by atoms with E-state index in [1.165, 1.54) is 0 Å². The highest BCUT2D eigenvalue weighted by atomic mass is 16.5. The Morgan fingerprint density at radius 2 is 1.92 bits per heavy atom. The van der Waals surface area contributed by atoms with E-state index in [-0.39, 0.29) is 11.9 Å². The molecule has 2 aromatic carbocycles. The van der Waals surface area contributed by atoms with Gasteiger partial charge in [0, 0.05) is 5.39 Å². The van der Waals surface area contributed by atoms with Crippen molar-refractivity contribution in [3.05, 3.63) is 71.4 Å². The van der Waals surface area contributed by atoms with Gasteiger partial charge in [-0.2, -0.15) is 0 Å².